The van der Waals surface area contributed by atoms with Crippen LogP contribution in [0.2, 0.25) is 13.1 Å². The number of carbonyl (C=O) groups is 2. The van der Waals surface area contributed by atoms with E-state index in [2.05, 4.69) is 47.6 Å². The maximum Gasteiger partial charge on any atom is 0.310 e. The molecule has 0 amide bonds. The summed E-state index contributed by atoms with van der Waals surface area (Å²) in [6, 6.07) is 0. The van der Waals surface area contributed by atoms with Gasteiger partial charge in [0.05, 0.1) is 19.1 Å². The van der Waals surface area contributed by atoms with Gasteiger partial charge in [-0.05, 0) is 24.9 Å². The van der Waals surface area contributed by atoms with Crippen LogP contribution in [-0.4, -0.2) is 37.7 Å². The smallest absolute Gasteiger partial charge is 0.310 e. The summed E-state index contributed by atoms with van der Waals surface area (Å²) in [7, 11) is -0.458. The van der Waals surface area contributed by atoms with Crippen molar-refractivity contribution in [3.8, 4) is 0 Å². The van der Waals surface area contributed by atoms with Gasteiger partial charge in [-0.2, -0.15) is 0 Å². The van der Waals surface area contributed by atoms with Gasteiger partial charge in [0.15, 0.2) is 14.1 Å². The first-order chi connectivity index (χ1) is 10.1. The molecule has 0 saturated heterocycles. The van der Waals surface area contributed by atoms with Crippen molar-refractivity contribution >= 4 is 36.0 Å². The summed E-state index contributed by atoms with van der Waals surface area (Å²) in [5, 5.41) is 0. The highest BCUT2D eigenvalue weighted by Gasteiger charge is 2.73. The number of halogens is 1. The molecule has 0 aromatic carbocycles. The quantitative estimate of drug-likeness (QED) is 0.411. The fourth-order valence-electron chi connectivity index (χ4n) is 3.62. The lowest BCUT2D eigenvalue weighted by molar-refractivity contribution is -0.140. The van der Waals surface area contributed by atoms with Crippen molar-refractivity contribution < 1.29 is 18.8 Å². The molecule has 124 valence electrons. The standard InChI is InChI=1S/C16H25BrO4Si/c1-15(2)13-9-12(18)11(8-14(19)20-3)6-7-16(13,15)21-22(4,5)10-17/h6,13H,7-10H2,1-5H3/t13-,16+/m1/s1. The first kappa shape index (κ1) is 17.9. The Balaban J connectivity index is 2.24. The van der Waals surface area contributed by atoms with E-state index in [1.807, 2.05) is 6.08 Å². The number of hydrogen-bond donors (Lipinski definition) is 0. The molecule has 0 aliphatic heterocycles. The maximum atomic E-state index is 12.4. The van der Waals surface area contributed by atoms with Crippen molar-refractivity contribution in [2.75, 3.05) is 12.1 Å². The van der Waals surface area contributed by atoms with Crippen molar-refractivity contribution in [3.05, 3.63) is 11.6 Å². The Kier molecular flexibility index (Phi) is 4.77. The molecule has 0 spiro atoms. The fourth-order valence-corrected chi connectivity index (χ4v) is 5.49. The van der Waals surface area contributed by atoms with Gasteiger partial charge in [-0.3, -0.25) is 9.59 Å². The van der Waals surface area contributed by atoms with Gasteiger partial charge in [-0.1, -0.05) is 35.9 Å². The van der Waals surface area contributed by atoms with Crippen LogP contribution in [0.1, 0.15) is 33.1 Å². The van der Waals surface area contributed by atoms with Gasteiger partial charge in [-0.15, -0.1) is 0 Å². The van der Waals surface area contributed by atoms with Gasteiger partial charge in [0, 0.05) is 22.9 Å². The van der Waals surface area contributed by atoms with E-state index in [4.69, 9.17) is 4.43 Å². The fraction of sp³-hybridized carbons (Fsp3) is 0.750. The minimum Gasteiger partial charge on any atom is -0.469 e. The van der Waals surface area contributed by atoms with Crippen LogP contribution in [0.15, 0.2) is 11.6 Å². The highest BCUT2D eigenvalue weighted by atomic mass is 79.9. The van der Waals surface area contributed by atoms with Gasteiger partial charge in [0.25, 0.3) is 0 Å². The summed E-state index contributed by atoms with van der Waals surface area (Å²) in [6.45, 7) is 8.74. The number of Topliss-reactive ketones (excluding diaryl/α,β-unsaturated/α-hetero) is 1. The normalized spacial score (nSPS) is 30.2. The average molecular weight is 389 g/mol. The number of alkyl halides is 1. The number of hydrogen-bond acceptors (Lipinski definition) is 4. The zero-order valence-corrected chi connectivity index (χ0v) is 16.6. The molecule has 0 N–H and O–H groups in total. The van der Waals surface area contributed by atoms with Crippen LogP contribution >= 0.6 is 15.9 Å². The number of carbonyl (C=O) groups excluding carboxylic acids is 2. The van der Waals surface area contributed by atoms with Crippen molar-refractivity contribution in [1.29, 1.82) is 0 Å². The van der Waals surface area contributed by atoms with Crippen molar-refractivity contribution in [1.82, 2.24) is 0 Å². The van der Waals surface area contributed by atoms with Crippen LogP contribution in [0.3, 0.4) is 0 Å². The summed E-state index contributed by atoms with van der Waals surface area (Å²) in [4.78, 5) is 24.8. The molecule has 2 aliphatic rings. The Morgan fingerprint density at radius 2 is 2.09 bits per heavy atom. The zero-order chi connectivity index (χ0) is 16.8. The molecular formula is C16H25BrO4Si. The predicted molar refractivity (Wildman–Crippen MR) is 91.3 cm³/mol. The third kappa shape index (κ3) is 2.97. The molecule has 0 heterocycles. The van der Waals surface area contributed by atoms with E-state index < -0.39 is 8.32 Å². The largest absolute Gasteiger partial charge is 0.469 e. The highest BCUT2D eigenvalue weighted by molar-refractivity contribution is 9.09. The second-order valence-electron chi connectivity index (χ2n) is 7.47. The zero-order valence-electron chi connectivity index (χ0n) is 14.0. The number of methoxy groups -OCH3 is 1. The van der Waals surface area contributed by atoms with Crippen LogP contribution in [0.25, 0.3) is 0 Å². The molecule has 1 fully saturated rings. The lowest BCUT2D eigenvalue weighted by Crippen LogP contribution is -2.41. The Bertz CT molecular complexity index is 526. The number of ether oxygens (including phenoxy) is 1. The van der Waals surface area contributed by atoms with Gasteiger partial charge >= 0.3 is 5.97 Å². The second kappa shape index (κ2) is 5.87. The first-order valence-electron chi connectivity index (χ1n) is 7.65. The Morgan fingerprint density at radius 1 is 1.45 bits per heavy atom. The van der Waals surface area contributed by atoms with Gasteiger partial charge in [0.2, 0.25) is 0 Å². The Labute approximate surface area is 141 Å². The second-order valence-corrected chi connectivity index (χ2v) is 13.1. The first-order valence-corrected chi connectivity index (χ1v) is 11.9. The summed E-state index contributed by atoms with van der Waals surface area (Å²) < 4.78 is 11.3. The van der Waals surface area contributed by atoms with Gasteiger partial charge in [0.1, 0.15) is 0 Å². The topological polar surface area (TPSA) is 52.6 Å². The molecule has 2 atom stereocenters. The van der Waals surface area contributed by atoms with E-state index in [0.717, 1.165) is 4.95 Å². The van der Waals surface area contributed by atoms with E-state index in [9.17, 15) is 9.59 Å². The summed E-state index contributed by atoms with van der Waals surface area (Å²) in [6.07, 6.45) is 3.14. The van der Waals surface area contributed by atoms with E-state index in [1.54, 1.807) is 0 Å². The van der Waals surface area contributed by atoms with Crippen molar-refractivity contribution in [2.45, 2.75) is 51.8 Å². The number of ketones is 1. The van der Waals surface area contributed by atoms with Crippen LogP contribution in [0.4, 0.5) is 0 Å². The third-order valence-corrected chi connectivity index (χ3v) is 10.8. The summed E-state index contributed by atoms with van der Waals surface area (Å²) >= 11 is 3.56. The summed E-state index contributed by atoms with van der Waals surface area (Å²) in [5.74, 6) is -0.0750. The van der Waals surface area contributed by atoms with Crippen LogP contribution < -0.4 is 0 Å². The lowest BCUT2D eigenvalue weighted by Gasteiger charge is -2.30. The van der Waals surface area contributed by atoms with E-state index >= 15 is 0 Å². The van der Waals surface area contributed by atoms with E-state index in [-0.39, 0.29) is 35.1 Å². The minimum atomic E-state index is -1.80. The number of fused-ring (bicyclic) bond motifs is 1. The van der Waals surface area contributed by atoms with Gasteiger partial charge in [-0.25, -0.2) is 0 Å². The molecule has 0 aromatic heterocycles. The molecule has 0 radical (unpaired) electrons. The molecule has 0 aromatic rings. The average Bonchev–Trinajstić information content (AvgIpc) is 2.93. The van der Waals surface area contributed by atoms with E-state index in [1.165, 1.54) is 7.11 Å². The summed E-state index contributed by atoms with van der Waals surface area (Å²) in [5.41, 5.74) is 0.322. The minimum absolute atomic E-state index is 0.00238. The Morgan fingerprint density at radius 3 is 2.64 bits per heavy atom. The van der Waals surface area contributed by atoms with Crippen LogP contribution in [-0.2, 0) is 18.8 Å². The molecular weight excluding hydrogens is 364 g/mol. The van der Waals surface area contributed by atoms with Crippen LogP contribution in [0.5, 0.6) is 0 Å². The monoisotopic (exact) mass is 388 g/mol. The molecule has 22 heavy (non-hydrogen) atoms. The van der Waals surface area contributed by atoms with E-state index in [0.29, 0.717) is 18.4 Å². The van der Waals surface area contributed by atoms with Crippen molar-refractivity contribution in [2.24, 2.45) is 11.3 Å². The maximum absolute atomic E-state index is 12.4. The molecule has 0 unspecified atom stereocenters. The SMILES string of the molecule is COC(=O)CC1=CC[C@]2(O[Si](C)(C)CBr)[C@H](CC1=O)C2(C)C. The Hall–Kier alpha value is -0.463. The molecule has 6 heteroatoms. The molecule has 0 bridgehead atoms. The molecule has 2 rings (SSSR count). The highest BCUT2D eigenvalue weighted by Crippen LogP contribution is 2.69. The predicted octanol–water partition coefficient (Wildman–Crippen LogP) is 3.39. The number of esters is 1. The lowest BCUT2D eigenvalue weighted by atomic mass is 9.97. The number of rotatable bonds is 5. The van der Waals surface area contributed by atoms with Gasteiger partial charge < -0.3 is 9.16 Å². The molecule has 2 aliphatic carbocycles. The molecule has 4 nitrogen and oxygen atoms in total. The third-order valence-electron chi connectivity index (χ3n) is 5.18. The van der Waals surface area contributed by atoms with Crippen LogP contribution in [0, 0.1) is 11.3 Å². The molecule has 1 saturated carbocycles. The van der Waals surface area contributed by atoms with Crippen molar-refractivity contribution in [3.63, 3.8) is 0 Å².